The Bertz CT molecular complexity index is 514. The van der Waals surface area contributed by atoms with Crippen molar-refractivity contribution in [3.63, 3.8) is 0 Å². The lowest BCUT2D eigenvalue weighted by atomic mass is 10.3. The molecule has 0 saturated heterocycles. The molecule has 2 aromatic rings. The first-order valence-corrected chi connectivity index (χ1v) is 6.06. The zero-order valence-electron chi connectivity index (χ0n) is 9.70. The molecule has 0 unspecified atom stereocenters. The minimum atomic E-state index is -0.322. The molecule has 0 radical (unpaired) electrons. The second-order valence-electron chi connectivity index (χ2n) is 3.84. The second-order valence-corrected chi connectivity index (χ2v) is 4.11. The van der Waals surface area contributed by atoms with Gasteiger partial charge in [-0.2, -0.15) is 0 Å². The Morgan fingerprint density at radius 3 is 2.72 bits per heavy atom. The number of rotatable bonds is 5. The zero-order chi connectivity index (χ0) is 12.3. The van der Waals surface area contributed by atoms with Crippen molar-refractivity contribution in [1.29, 1.82) is 0 Å². The fourth-order valence-corrected chi connectivity index (χ4v) is 2.07. The van der Waals surface area contributed by atoms with Gasteiger partial charge in [0.15, 0.2) is 0 Å². The van der Waals surface area contributed by atoms with Crippen LogP contribution < -0.4 is 0 Å². The van der Waals surface area contributed by atoms with E-state index in [2.05, 4.69) is 4.98 Å². The number of halogens is 4. The normalized spacial score (nSPS) is 10.6. The molecule has 0 fully saturated rings. The van der Waals surface area contributed by atoms with Crippen molar-refractivity contribution >= 4 is 35.0 Å². The molecule has 1 aromatic carbocycles. The molecule has 100 valence electrons. The summed E-state index contributed by atoms with van der Waals surface area (Å²) in [4.78, 5) is 4.27. The first-order chi connectivity index (χ1) is 8.26. The largest absolute Gasteiger partial charge is 0.327 e. The highest BCUT2D eigenvalue weighted by molar-refractivity contribution is 6.16. The van der Waals surface area contributed by atoms with E-state index in [-0.39, 0.29) is 30.8 Å². The molecule has 1 aromatic heterocycles. The molecular weight excluding hydrogens is 281 g/mol. The SMILES string of the molecule is Cl.FCCCCn1c(CCl)nc2cc(F)ccc21. The predicted octanol–water partition coefficient (Wildman–Crippen LogP) is 4.09. The summed E-state index contributed by atoms with van der Waals surface area (Å²) < 4.78 is 27.1. The molecule has 0 aliphatic heterocycles. The Morgan fingerprint density at radius 2 is 2.06 bits per heavy atom. The van der Waals surface area contributed by atoms with Gasteiger partial charge in [-0.25, -0.2) is 9.37 Å². The summed E-state index contributed by atoms with van der Waals surface area (Å²) in [7, 11) is 0. The maximum Gasteiger partial charge on any atom is 0.125 e. The lowest BCUT2D eigenvalue weighted by Crippen LogP contribution is -2.02. The number of aryl methyl sites for hydroxylation is 1. The van der Waals surface area contributed by atoms with Crippen molar-refractivity contribution in [3.05, 3.63) is 29.8 Å². The first kappa shape index (κ1) is 15.2. The van der Waals surface area contributed by atoms with E-state index in [9.17, 15) is 8.78 Å². The molecule has 0 atom stereocenters. The van der Waals surface area contributed by atoms with Gasteiger partial charge in [0.2, 0.25) is 0 Å². The van der Waals surface area contributed by atoms with Gasteiger partial charge in [0.25, 0.3) is 0 Å². The number of imidazole rings is 1. The van der Waals surface area contributed by atoms with Crippen molar-refractivity contribution in [3.8, 4) is 0 Å². The summed E-state index contributed by atoms with van der Waals surface area (Å²) >= 11 is 5.80. The van der Waals surface area contributed by atoms with Crippen molar-refractivity contribution in [1.82, 2.24) is 9.55 Å². The lowest BCUT2D eigenvalue weighted by Gasteiger charge is -2.06. The lowest BCUT2D eigenvalue weighted by molar-refractivity contribution is 0.447. The molecule has 2 rings (SSSR count). The van der Waals surface area contributed by atoms with Gasteiger partial charge in [-0.1, -0.05) is 0 Å². The van der Waals surface area contributed by atoms with E-state index in [0.717, 1.165) is 11.9 Å². The third-order valence-corrected chi connectivity index (χ3v) is 2.91. The third kappa shape index (κ3) is 3.12. The Kier molecular flexibility index (Phi) is 5.82. The van der Waals surface area contributed by atoms with Gasteiger partial charge in [-0.05, 0) is 25.0 Å². The Balaban J connectivity index is 0.00000162. The first-order valence-electron chi connectivity index (χ1n) is 5.53. The van der Waals surface area contributed by atoms with E-state index in [4.69, 9.17) is 11.6 Å². The second kappa shape index (κ2) is 6.90. The van der Waals surface area contributed by atoms with E-state index in [1.165, 1.54) is 12.1 Å². The smallest absolute Gasteiger partial charge is 0.125 e. The fraction of sp³-hybridized carbons (Fsp3) is 0.417. The fourth-order valence-electron chi connectivity index (χ4n) is 1.87. The highest BCUT2D eigenvalue weighted by Crippen LogP contribution is 2.19. The van der Waals surface area contributed by atoms with Crippen LogP contribution in [0.4, 0.5) is 8.78 Å². The topological polar surface area (TPSA) is 17.8 Å². The number of alkyl halides is 2. The summed E-state index contributed by atoms with van der Waals surface area (Å²) in [6, 6.07) is 4.47. The van der Waals surface area contributed by atoms with Gasteiger partial charge in [-0.3, -0.25) is 4.39 Å². The monoisotopic (exact) mass is 294 g/mol. The van der Waals surface area contributed by atoms with Crippen LogP contribution in [0.15, 0.2) is 18.2 Å². The number of hydrogen-bond acceptors (Lipinski definition) is 1. The molecule has 6 heteroatoms. The van der Waals surface area contributed by atoms with Crippen LogP contribution in [0.2, 0.25) is 0 Å². The van der Waals surface area contributed by atoms with Crippen molar-refractivity contribution in [2.24, 2.45) is 0 Å². The van der Waals surface area contributed by atoms with Crippen LogP contribution in [0, 0.1) is 5.82 Å². The number of fused-ring (bicyclic) bond motifs is 1. The van der Waals surface area contributed by atoms with E-state index in [0.29, 0.717) is 24.3 Å². The van der Waals surface area contributed by atoms with Gasteiger partial charge >= 0.3 is 0 Å². The van der Waals surface area contributed by atoms with Gasteiger partial charge in [0.1, 0.15) is 11.6 Å². The highest BCUT2D eigenvalue weighted by atomic mass is 35.5. The highest BCUT2D eigenvalue weighted by Gasteiger charge is 2.10. The van der Waals surface area contributed by atoms with E-state index < -0.39 is 0 Å². The maximum absolute atomic E-state index is 13.1. The average molecular weight is 295 g/mol. The molecular formula is C12H14Cl2F2N2. The van der Waals surface area contributed by atoms with Gasteiger partial charge in [-0.15, -0.1) is 24.0 Å². The maximum atomic E-state index is 13.1. The van der Waals surface area contributed by atoms with Crippen LogP contribution in [-0.2, 0) is 12.4 Å². The molecule has 0 amide bonds. The van der Waals surface area contributed by atoms with E-state index >= 15 is 0 Å². The molecule has 0 aliphatic carbocycles. The van der Waals surface area contributed by atoms with Crippen LogP contribution in [0.5, 0.6) is 0 Å². The van der Waals surface area contributed by atoms with Gasteiger partial charge in [0.05, 0.1) is 23.6 Å². The number of unbranched alkanes of at least 4 members (excludes halogenated alkanes) is 1. The molecule has 0 N–H and O–H groups in total. The number of benzene rings is 1. The molecule has 2 nitrogen and oxygen atoms in total. The van der Waals surface area contributed by atoms with Crippen LogP contribution >= 0.6 is 24.0 Å². The van der Waals surface area contributed by atoms with Crippen molar-refractivity contribution < 1.29 is 8.78 Å². The summed E-state index contributed by atoms with van der Waals surface area (Å²) in [5, 5.41) is 0. The number of nitrogens with zero attached hydrogens (tertiary/aromatic N) is 2. The Labute approximate surface area is 115 Å². The number of aromatic nitrogens is 2. The van der Waals surface area contributed by atoms with Gasteiger partial charge < -0.3 is 4.57 Å². The predicted molar refractivity (Wildman–Crippen MR) is 71.7 cm³/mol. The minimum absolute atomic E-state index is 0. The standard InChI is InChI=1S/C12H13ClF2N2.ClH/c13-8-12-16-10-7-9(15)3-4-11(10)17(12)6-2-1-5-14;/h3-4,7H,1-2,5-6,8H2;1H. The molecule has 0 aliphatic rings. The van der Waals surface area contributed by atoms with Crippen LogP contribution in [-0.4, -0.2) is 16.2 Å². The average Bonchev–Trinajstić information content (AvgIpc) is 2.67. The van der Waals surface area contributed by atoms with Crippen molar-refractivity contribution in [2.45, 2.75) is 25.3 Å². The molecule has 1 heterocycles. The Morgan fingerprint density at radius 1 is 1.28 bits per heavy atom. The van der Waals surface area contributed by atoms with E-state index in [1.807, 2.05) is 4.57 Å². The number of hydrogen-bond donors (Lipinski definition) is 0. The zero-order valence-corrected chi connectivity index (χ0v) is 11.3. The molecule has 0 saturated carbocycles. The summed E-state index contributed by atoms with van der Waals surface area (Å²) in [5.74, 6) is 0.657. The molecule has 18 heavy (non-hydrogen) atoms. The van der Waals surface area contributed by atoms with Crippen molar-refractivity contribution in [2.75, 3.05) is 6.67 Å². The quantitative estimate of drug-likeness (QED) is 0.600. The van der Waals surface area contributed by atoms with Crippen LogP contribution in [0.3, 0.4) is 0 Å². The summed E-state index contributed by atoms with van der Waals surface area (Å²) in [6.07, 6.45) is 1.24. The van der Waals surface area contributed by atoms with E-state index in [1.54, 1.807) is 6.07 Å². The van der Waals surface area contributed by atoms with Crippen LogP contribution in [0.1, 0.15) is 18.7 Å². The van der Waals surface area contributed by atoms with Crippen LogP contribution in [0.25, 0.3) is 11.0 Å². The minimum Gasteiger partial charge on any atom is -0.327 e. The van der Waals surface area contributed by atoms with Gasteiger partial charge in [0, 0.05) is 12.6 Å². The summed E-state index contributed by atoms with van der Waals surface area (Å²) in [6.45, 7) is 0.339. The molecule has 0 bridgehead atoms. The summed E-state index contributed by atoms with van der Waals surface area (Å²) in [5.41, 5.74) is 1.45. The Hall–Kier alpha value is -0.870. The molecule has 0 spiro atoms. The third-order valence-electron chi connectivity index (χ3n) is 2.67.